The monoisotopic (exact) mass is 198 g/mol. The van der Waals surface area contributed by atoms with Crippen LogP contribution >= 0.6 is 0 Å². The van der Waals surface area contributed by atoms with E-state index in [2.05, 4.69) is 17.2 Å². The Morgan fingerprint density at radius 2 is 2.00 bits per heavy atom. The quantitative estimate of drug-likeness (QED) is 0.402. The normalized spacial score (nSPS) is 15.7. The molecule has 0 radical (unpaired) electrons. The van der Waals surface area contributed by atoms with E-state index in [4.69, 9.17) is 4.74 Å². The van der Waals surface area contributed by atoms with Gasteiger partial charge in [0.25, 0.3) is 0 Å². The van der Waals surface area contributed by atoms with Crippen LogP contribution in [0.2, 0.25) is 0 Å². The minimum Gasteiger partial charge on any atom is -0.380 e. The second-order valence-corrected chi connectivity index (χ2v) is 3.76. The smallest absolute Gasteiger partial charge is 0.0591 e. The van der Waals surface area contributed by atoms with Crippen molar-refractivity contribution < 1.29 is 4.74 Å². The first kappa shape index (κ1) is 11.7. The van der Waals surface area contributed by atoms with Gasteiger partial charge in [0.15, 0.2) is 0 Å². The van der Waals surface area contributed by atoms with Crippen LogP contribution in [0.1, 0.15) is 12.8 Å². The molecule has 3 nitrogen and oxygen atoms in total. The maximum absolute atomic E-state index is 5.49. The van der Waals surface area contributed by atoms with Crippen LogP contribution in [-0.2, 0) is 4.74 Å². The van der Waals surface area contributed by atoms with Gasteiger partial charge in [-0.3, -0.25) is 0 Å². The molecular weight excluding hydrogens is 176 g/mol. The standard InChI is InChI=1S/C11H22N2O/c1-2-5-12-6-7-13-8-9-14-10-11-3-4-11/h2,11-13H,1,3-10H2. The minimum absolute atomic E-state index is 0.845. The van der Waals surface area contributed by atoms with E-state index in [9.17, 15) is 0 Å². The van der Waals surface area contributed by atoms with Crippen LogP contribution in [0.15, 0.2) is 12.7 Å². The van der Waals surface area contributed by atoms with Crippen molar-refractivity contribution in [2.75, 3.05) is 39.4 Å². The Balaban J connectivity index is 1.64. The van der Waals surface area contributed by atoms with Gasteiger partial charge in [-0.05, 0) is 18.8 Å². The highest BCUT2D eigenvalue weighted by Crippen LogP contribution is 2.28. The molecule has 0 bridgehead atoms. The van der Waals surface area contributed by atoms with Crippen molar-refractivity contribution in [1.82, 2.24) is 10.6 Å². The molecule has 1 aliphatic rings. The maximum Gasteiger partial charge on any atom is 0.0591 e. The fourth-order valence-corrected chi connectivity index (χ4v) is 1.18. The third-order valence-electron chi connectivity index (χ3n) is 2.24. The Labute approximate surface area is 86.9 Å². The summed E-state index contributed by atoms with van der Waals surface area (Å²) in [5.41, 5.74) is 0. The van der Waals surface area contributed by atoms with Crippen molar-refractivity contribution in [3.8, 4) is 0 Å². The summed E-state index contributed by atoms with van der Waals surface area (Å²) in [5, 5.41) is 6.55. The average Bonchev–Trinajstić information content (AvgIpc) is 2.99. The Kier molecular flexibility index (Phi) is 6.66. The van der Waals surface area contributed by atoms with Gasteiger partial charge >= 0.3 is 0 Å². The Morgan fingerprint density at radius 3 is 2.71 bits per heavy atom. The Hall–Kier alpha value is -0.380. The van der Waals surface area contributed by atoms with E-state index in [0.29, 0.717) is 0 Å². The second-order valence-electron chi connectivity index (χ2n) is 3.76. The van der Waals surface area contributed by atoms with Gasteiger partial charge < -0.3 is 15.4 Å². The summed E-state index contributed by atoms with van der Waals surface area (Å²) in [4.78, 5) is 0. The van der Waals surface area contributed by atoms with E-state index in [1.165, 1.54) is 12.8 Å². The fraction of sp³-hybridized carbons (Fsp3) is 0.818. The highest BCUT2D eigenvalue weighted by Gasteiger charge is 2.20. The first-order valence-electron chi connectivity index (χ1n) is 5.53. The number of nitrogens with one attached hydrogen (secondary N) is 2. The first-order valence-corrected chi connectivity index (χ1v) is 5.53. The number of rotatable bonds is 10. The van der Waals surface area contributed by atoms with Crippen LogP contribution in [0.5, 0.6) is 0 Å². The van der Waals surface area contributed by atoms with Gasteiger partial charge in [0.2, 0.25) is 0 Å². The number of ether oxygens (including phenoxy) is 1. The van der Waals surface area contributed by atoms with Crippen molar-refractivity contribution in [2.24, 2.45) is 5.92 Å². The van der Waals surface area contributed by atoms with Crippen molar-refractivity contribution in [2.45, 2.75) is 12.8 Å². The molecule has 0 aromatic heterocycles. The number of hydrogen-bond acceptors (Lipinski definition) is 3. The summed E-state index contributed by atoms with van der Waals surface area (Å²) in [6, 6.07) is 0. The lowest BCUT2D eigenvalue weighted by Crippen LogP contribution is -2.29. The minimum atomic E-state index is 0.845. The van der Waals surface area contributed by atoms with Crippen molar-refractivity contribution in [1.29, 1.82) is 0 Å². The zero-order chi connectivity index (χ0) is 10.1. The van der Waals surface area contributed by atoms with Gasteiger partial charge in [0, 0.05) is 32.8 Å². The topological polar surface area (TPSA) is 33.3 Å². The molecule has 3 heteroatoms. The molecule has 0 aromatic carbocycles. The van der Waals surface area contributed by atoms with Crippen LogP contribution in [0, 0.1) is 5.92 Å². The van der Waals surface area contributed by atoms with Crippen molar-refractivity contribution in [3.05, 3.63) is 12.7 Å². The summed E-state index contributed by atoms with van der Waals surface area (Å²) in [7, 11) is 0. The average molecular weight is 198 g/mol. The van der Waals surface area contributed by atoms with E-state index in [1.807, 2.05) is 6.08 Å². The van der Waals surface area contributed by atoms with Gasteiger partial charge in [-0.15, -0.1) is 6.58 Å². The van der Waals surface area contributed by atoms with Crippen LogP contribution in [0.3, 0.4) is 0 Å². The highest BCUT2D eigenvalue weighted by molar-refractivity contribution is 4.72. The maximum atomic E-state index is 5.49. The molecule has 1 saturated carbocycles. The summed E-state index contributed by atoms with van der Waals surface area (Å²) in [6.07, 6.45) is 4.62. The molecular formula is C11H22N2O. The molecule has 0 amide bonds. The van der Waals surface area contributed by atoms with E-state index in [0.717, 1.165) is 45.3 Å². The number of hydrogen-bond donors (Lipinski definition) is 2. The van der Waals surface area contributed by atoms with Gasteiger partial charge in [-0.25, -0.2) is 0 Å². The highest BCUT2D eigenvalue weighted by atomic mass is 16.5. The lowest BCUT2D eigenvalue weighted by molar-refractivity contribution is 0.126. The third kappa shape index (κ3) is 7.06. The second kappa shape index (κ2) is 7.97. The molecule has 0 aliphatic heterocycles. The summed E-state index contributed by atoms with van der Waals surface area (Å²) in [6.45, 7) is 9.30. The van der Waals surface area contributed by atoms with Crippen LogP contribution in [-0.4, -0.2) is 39.4 Å². The molecule has 0 spiro atoms. The molecule has 82 valence electrons. The summed E-state index contributed by atoms with van der Waals surface area (Å²) >= 11 is 0. The van der Waals surface area contributed by atoms with Gasteiger partial charge in [0.1, 0.15) is 0 Å². The van der Waals surface area contributed by atoms with Crippen LogP contribution in [0.25, 0.3) is 0 Å². The summed E-state index contributed by atoms with van der Waals surface area (Å²) < 4.78 is 5.49. The largest absolute Gasteiger partial charge is 0.380 e. The molecule has 1 rings (SSSR count). The van der Waals surface area contributed by atoms with E-state index in [-0.39, 0.29) is 0 Å². The van der Waals surface area contributed by atoms with Crippen LogP contribution in [0.4, 0.5) is 0 Å². The zero-order valence-corrected chi connectivity index (χ0v) is 8.93. The third-order valence-corrected chi connectivity index (χ3v) is 2.24. The molecule has 0 heterocycles. The predicted molar refractivity (Wildman–Crippen MR) is 59.5 cm³/mol. The molecule has 1 fully saturated rings. The molecule has 0 atom stereocenters. The van der Waals surface area contributed by atoms with Crippen LogP contribution < -0.4 is 10.6 Å². The molecule has 0 saturated heterocycles. The zero-order valence-electron chi connectivity index (χ0n) is 8.93. The lowest BCUT2D eigenvalue weighted by Gasteiger charge is -2.05. The summed E-state index contributed by atoms with van der Waals surface area (Å²) in [5.74, 6) is 0.879. The van der Waals surface area contributed by atoms with Crippen molar-refractivity contribution in [3.63, 3.8) is 0 Å². The van der Waals surface area contributed by atoms with Gasteiger partial charge in [-0.1, -0.05) is 6.08 Å². The molecule has 14 heavy (non-hydrogen) atoms. The van der Waals surface area contributed by atoms with E-state index in [1.54, 1.807) is 0 Å². The van der Waals surface area contributed by atoms with Gasteiger partial charge in [-0.2, -0.15) is 0 Å². The molecule has 1 aliphatic carbocycles. The SMILES string of the molecule is C=CCNCCNCCOCC1CC1. The Morgan fingerprint density at radius 1 is 1.21 bits per heavy atom. The molecule has 0 aromatic rings. The van der Waals surface area contributed by atoms with Gasteiger partial charge in [0.05, 0.1) is 6.61 Å². The Bertz CT molecular complexity index is 146. The fourth-order valence-electron chi connectivity index (χ4n) is 1.18. The van der Waals surface area contributed by atoms with E-state index < -0.39 is 0 Å². The first-order chi connectivity index (χ1) is 6.93. The molecule has 2 N–H and O–H groups in total. The molecule has 0 unspecified atom stereocenters. The van der Waals surface area contributed by atoms with E-state index >= 15 is 0 Å². The lowest BCUT2D eigenvalue weighted by atomic mass is 10.5. The van der Waals surface area contributed by atoms with Crippen molar-refractivity contribution >= 4 is 0 Å². The predicted octanol–water partition coefficient (Wildman–Crippen LogP) is 0.778.